The molecular weight excluding hydrogens is 162 g/mol. The summed E-state index contributed by atoms with van der Waals surface area (Å²) in [6.07, 6.45) is 10.7. The van der Waals surface area contributed by atoms with Crippen LogP contribution in [0.3, 0.4) is 0 Å². The molecule has 74 valence electrons. The molecule has 13 heavy (non-hydrogen) atoms. The third-order valence-corrected chi connectivity index (χ3v) is 3.57. The van der Waals surface area contributed by atoms with Crippen LogP contribution in [0.2, 0.25) is 0 Å². The molecule has 2 heteroatoms. The van der Waals surface area contributed by atoms with Gasteiger partial charge >= 0.3 is 0 Å². The Kier molecular flexibility index (Phi) is 2.70. The van der Waals surface area contributed by atoms with Gasteiger partial charge in [0.1, 0.15) is 0 Å². The normalized spacial score (nSPS) is 28.1. The van der Waals surface area contributed by atoms with Gasteiger partial charge in [-0.3, -0.25) is 4.90 Å². The minimum Gasteiger partial charge on any atom is -0.394 e. The molecule has 0 bridgehead atoms. The molecule has 0 unspecified atom stereocenters. The van der Waals surface area contributed by atoms with E-state index in [0.29, 0.717) is 6.61 Å². The van der Waals surface area contributed by atoms with Crippen molar-refractivity contribution < 1.29 is 5.11 Å². The van der Waals surface area contributed by atoms with Crippen molar-refractivity contribution in [1.82, 2.24) is 4.90 Å². The minimum absolute atomic E-state index is 0.127. The van der Waals surface area contributed by atoms with E-state index in [1.54, 1.807) is 0 Å². The van der Waals surface area contributed by atoms with Crippen molar-refractivity contribution >= 4 is 0 Å². The van der Waals surface area contributed by atoms with Crippen LogP contribution in [0.25, 0.3) is 0 Å². The van der Waals surface area contributed by atoms with Crippen molar-refractivity contribution in [1.29, 1.82) is 0 Å². The average Bonchev–Trinajstić information content (AvgIpc) is 2.72. The summed E-state index contributed by atoms with van der Waals surface area (Å²) in [4.78, 5) is 2.44. The van der Waals surface area contributed by atoms with Crippen molar-refractivity contribution in [2.75, 3.05) is 19.7 Å². The number of aliphatic hydroxyl groups is 1. The molecule has 0 aromatic rings. The Hall–Kier alpha value is -0.340. The Morgan fingerprint density at radius 2 is 1.69 bits per heavy atom. The van der Waals surface area contributed by atoms with Crippen LogP contribution in [0.15, 0.2) is 12.2 Å². The second kappa shape index (κ2) is 3.81. The zero-order valence-corrected chi connectivity index (χ0v) is 8.21. The SMILES string of the molecule is OCC1(N2CC=CC2)CCCCC1. The first-order valence-electron chi connectivity index (χ1n) is 5.38. The van der Waals surface area contributed by atoms with Crippen molar-refractivity contribution in [3.8, 4) is 0 Å². The zero-order chi connectivity index (χ0) is 9.15. The summed E-state index contributed by atoms with van der Waals surface area (Å²) in [6, 6.07) is 0. The largest absolute Gasteiger partial charge is 0.394 e. The molecule has 0 spiro atoms. The molecule has 1 aliphatic carbocycles. The molecule has 2 aliphatic rings. The van der Waals surface area contributed by atoms with Crippen LogP contribution < -0.4 is 0 Å². The van der Waals surface area contributed by atoms with E-state index in [1.165, 1.54) is 32.1 Å². The van der Waals surface area contributed by atoms with E-state index in [0.717, 1.165) is 13.1 Å². The number of rotatable bonds is 2. The van der Waals surface area contributed by atoms with Gasteiger partial charge in [0.25, 0.3) is 0 Å². The van der Waals surface area contributed by atoms with Crippen LogP contribution in [0, 0.1) is 0 Å². The van der Waals surface area contributed by atoms with E-state index in [9.17, 15) is 5.11 Å². The van der Waals surface area contributed by atoms with E-state index in [1.807, 2.05) is 0 Å². The molecule has 0 amide bonds. The van der Waals surface area contributed by atoms with Crippen molar-refractivity contribution in [3.05, 3.63) is 12.2 Å². The highest BCUT2D eigenvalue weighted by molar-refractivity contribution is 5.04. The molecule has 2 nitrogen and oxygen atoms in total. The molecule has 1 N–H and O–H groups in total. The second-order valence-corrected chi connectivity index (χ2v) is 4.32. The topological polar surface area (TPSA) is 23.5 Å². The Labute approximate surface area is 80.2 Å². The first kappa shape index (κ1) is 9.22. The minimum atomic E-state index is 0.127. The Morgan fingerprint density at radius 1 is 1.08 bits per heavy atom. The highest BCUT2D eigenvalue weighted by atomic mass is 16.3. The summed E-state index contributed by atoms with van der Waals surface area (Å²) in [5, 5.41) is 9.53. The summed E-state index contributed by atoms with van der Waals surface area (Å²) >= 11 is 0. The van der Waals surface area contributed by atoms with E-state index in [4.69, 9.17) is 0 Å². The molecule has 0 aromatic carbocycles. The van der Waals surface area contributed by atoms with Gasteiger partial charge in [0.15, 0.2) is 0 Å². The van der Waals surface area contributed by atoms with Gasteiger partial charge in [0.05, 0.1) is 6.61 Å². The van der Waals surface area contributed by atoms with E-state index in [-0.39, 0.29) is 5.54 Å². The molecule has 0 atom stereocenters. The van der Waals surface area contributed by atoms with Crippen LogP contribution in [0.1, 0.15) is 32.1 Å². The van der Waals surface area contributed by atoms with Gasteiger partial charge in [-0.05, 0) is 12.8 Å². The highest BCUT2D eigenvalue weighted by Crippen LogP contribution is 2.34. The van der Waals surface area contributed by atoms with E-state index in [2.05, 4.69) is 17.1 Å². The monoisotopic (exact) mass is 181 g/mol. The summed E-state index contributed by atoms with van der Waals surface area (Å²) in [5.74, 6) is 0. The maximum Gasteiger partial charge on any atom is 0.0615 e. The van der Waals surface area contributed by atoms with Crippen LogP contribution in [-0.4, -0.2) is 35.2 Å². The van der Waals surface area contributed by atoms with Gasteiger partial charge < -0.3 is 5.11 Å². The third kappa shape index (κ3) is 1.65. The van der Waals surface area contributed by atoms with Crippen LogP contribution in [0.4, 0.5) is 0 Å². The van der Waals surface area contributed by atoms with Crippen molar-refractivity contribution in [3.63, 3.8) is 0 Å². The zero-order valence-electron chi connectivity index (χ0n) is 8.21. The first-order valence-corrected chi connectivity index (χ1v) is 5.38. The summed E-state index contributed by atoms with van der Waals surface area (Å²) < 4.78 is 0. The smallest absolute Gasteiger partial charge is 0.0615 e. The fourth-order valence-corrected chi connectivity index (χ4v) is 2.65. The average molecular weight is 181 g/mol. The number of hydrogen-bond acceptors (Lipinski definition) is 2. The molecular formula is C11H19NO. The van der Waals surface area contributed by atoms with Crippen LogP contribution in [-0.2, 0) is 0 Å². The molecule has 0 saturated heterocycles. The fourth-order valence-electron chi connectivity index (χ4n) is 2.65. The van der Waals surface area contributed by atoms with Gasteiger partial charge in [0, 0.05) is 18.6 Å². The Balaban J connectivity index is 2.04. The summed E-state index contributed by atoms with van der Waals surface area (Å²) in [5.41, 5.74) is 0.127. The molecule has 0 radical (unpaired) electrons. The van der Waals surface area contributed by atoms with Gasteiger partial charge in [-0.2, -0.15) is 0 Å². The van der Waals surface area contributed by atoms with E-state index >= 15 is 0 Å². The Morgan fingerprint density at radius 3 is 2.23 bits per heavy atom. The molecule has 0 aromatic heterocycles. The molecule has 1 aliphatic heterocycles. The molecule has 2 rings (SSSR count). The second-order valence-electron chi connectivity index (χ2n) is 4.32. The lowest BCUT2D eigenvalue weighted by molar-refractivity contribution is 0.0203. The Bertz CT molecular complexity index is 186. The summed E-state index contributed by atoms with van der Waals surface area (Å²) in [6.45, 7) is 2.43. The van der Waals surface area contributed by atoms with Crippen LogP contribution in [0.5, 0.6) is 0 Å². The van der Waals surface area contributed by atoms with Gasteiger partial charge in [0.2, 0.25) is 0 Å². The molecule has 1 heterocycles. The third-order valence-electron chi connectivity index (χ3n) is 3.57. The summed E-state index contributed by atoms with van der Waals surface area (Å²) in [7, 11) is 0. The van der Waals surface area contributed by atoms with Crippen molar-refractivity contribution in [2.45, 2.75) is 37.6 Å². The van der Waals surface area contributed by atoms with Gasteiger partial charge in [-0.15, -0.1) is 0 Å². The lowest BCUT2D eigenvalue weighted by Gasteiger charge is -2.43. The number of nitrogens with zero attached hydrogens (tertiary/aromatic N) is 1. The maximum absolute atomic E-state index is 9.53. The van der Waals surface area contributed by atoms with Crippen molar-refractivity contribution in [2.24, 2.45) is 0 Å². The van der Waals surface area contributed by atoms with E-state index < -0.39 is 0 Å². The predicted octanol–water partition coefficient (Wildman–Crippen LogP) is 1.55. The maximum atomic E-state index is 9.53. The standard InChI is InChI=1S/C11H19NO/c13-10-11(6-2-1-3-7-11)12-8-4-5-9-12/h4-5,13H,1-3,6-10H2. The predicted molar refractivity (Wildman–Crippen MR) is 53.6 cm³/mol. The van der Waals surface area contributed by atoms with Gasteiger partial charge in [-0.25, -0.2) is 0 Å². The van der Waals surface area contributed by atoms with Crippen LogP contribution >= 0.6 is 0 Å². The first-order chi connectivity index (χ1) is 6.37. The highest BCUT2D eigenvalue weighted by Gasteiger charge is 2.37. The fraction of sp³-hybridized carbons (Fsp3) is 0.818. The molecule has 1 saturated carbocycles. The molecule has 1 fully saturated rings. The number of aliphatic hydroxyl groups excluding tert-OH is 1. The number of hydrogen-bond donors (Lipinski definition) is 1. The lowest BCUT2D eigenvalue weighted by Crippen LogP contribution is -2.51. The van der Waals surface area contributed by atoms with Gasteiger partial charge in [-0.1, -0.05) is 31.4 Å². The quantitative estimate of drug-likeness (QED) is 0.653. The lowest BCUT2D eigenvalue weighted by atomic mass is 9.81.